The Kier molecular flexibility index (Phi) is 65.2. The maximum Gasteiger partial charge on any atom is 0.472 e. The summed E-state index contributed by atoms with van der Waals surface area (Å²) in [4.78, 5) is 58.3. The van der Waals surface area contributed by atoms with Gasteiger partial charge in [0.25, 0.3) is 0 Å². The van der Waals surface area contributed by atoms with E-state index in [0.717, 1.165) is 109 Å². The topological polar surface area (TPSA) is 231 Å². The van der Waals surface area contributed by atoms with Crippen molar-refractivity contribution in [3.63, 3.8) is 0 Å². The number of unbranched alkanes of at least 4 members (excludes halogenated alkanes) is 37. The zero-order valence-corrected chi connectivity index (χ0v) is 59.6. The van der Waals surface area contributed by atoms with E-state index in [-0.39, 0.29) is 19.3 Å². The SMILES string of the molecule is CCCCC/C=C\C/C=C\C/C=C\C/C=C\CCCCCCCCCCCCCCCC(=O)OCC(O)COP(=O)(O)OCC(O)COP(=O)(O)OCC(COC(=O)CCCCCCC/C=C\CCCCCC)OC(=O)CCCCCCCCCCCCCCC. The molecule has 0 radical (unpaired) electrons. The maximum atomic E-state index is 12.9. The zero-order valence-electron chi connectivity index (χ0n) is 57.8. The van der Waals surface area contributed by atoms with Gasteiger partial charge < -0.3 is 34.2 Å². The Labute approximate surface area is 554 Å². The van der Waals surface area contributed by atoms with Crippen molar-refractivity contribution in [2.24, 2.45) is 0 Å². The van der Waals surface area contributed by atoms with Crippen LogP contribution in [-0.2, 0) is 55.8 Å². The first-order valence-electron chi connectivity index (χ1n) is 36.6. The van der Waals surface area contributed by atoms with Crippen LogP contribution in [0.15, 0.2) is 60.8 Å². The molecule has 5 atom stereocenters. The second kappa shape index (κ2) is 67.2. The van der Waals surface area contributed by atoms with Crippen LogP contribution in [0.25, 0.3) is 0 Å². The first kappa shape index (κ1) is 88.2. The van der Waals surface area contributed by atoms with Gasteiger partial charge in [0.05, 0.1) is 26.4 Å². The number of phosphoric ester groups is 2. The van der Waals surface area contributed by atoms with E-state index in [4.69, 9.17) is 32.3 Å². The van der Waals surface area contributed by atoms with Crippen LogP contribution in [0.5, 0.6) is 0 Å². The van der Waals surface area contributed by atoms with Gasteiger partial charge in [-0.15, -0.1) is 0 Å². The fourth-order valence-corrected chi connectivity index (χ4v) is 11.7. The highest BCUT2D eigenvalue weighted by atomic mass is 31.2. The largest absolute Gasteiger partial charge is 0.472 e. The van der Waals surface area contributed by atoms with Gasteiger partial charge in [0.2, 0.25) is 0 Å². The van der Waals surface area contributed by atoms with Crippen molar-refractivity contribution in [2.75, 3.05) is 39.6 Å². The monoisotopic (exact) mass is 1330 g/mol. The number of aliphatic hydroxyl groups excluding tert-OH is 2. The van der Waals surface area contributed by atoms with E-state index in [9.17, 15) is 43.5 Å². The van der Waals surface area contributed by atoms with Gasteiger partial charge in [-0.2, -0.15) is 0 Å². The molecule has 0 saturated heterocycles. The van der Waals surface area contributed by atoms with Gasteiger partial charge in [-0.3, -0.25) is 32.5 Å². The lowest BCUT2D eigenvalue weighted by Gasteiger charge is -2.21. The highest BCUT2D eigenvalue weighted by Crippen LogP contribution is 2.45. The lowest BCUT2D eigenvalue weighted by molar-refractivity contribution is -0.161. The molecule has 0 aliphatic carbocycles. The van der Waals surface area contributed by atoms with Crippen molar-refractivity contribution in [1.82, 2.24) is 0 Å². The molecule has 0 heterocycles. The Balaban J connectivity index is 4.40. The summed E-state index contributed by atoms with van der Waals surface area (Å²) in [7, 11) is -9.76. The quantitative estimate of drug-likeness (QED) is 0.0146. The minimum absolute atomic E-state index is 0.110. The molecule has 0 saturated carbocycles. The third-order valence-corrected chi connectivity index (χ3v) is 17.6. The molecule has 16 nitrogen and oxygen atoms in total. The number of carbonyl (C=O) groups excluding carboxylic acids is 3. The van der Waals surface area contributed by atoms with Crippen LogP contribution in [0.4, 0.5) is 0 Å². The van der Waals surface area contributed by atoms with Gasteiger partial charge >= 0.3 is 33.6 Å². The molecule has 91 heavy (non-hydrogen) atoms. The summed E-state index contributed by atoms with van der Waals surface area (Å²) in [5, 5.41) is 20.6. The third-order valence-electron chi connectivity index (χ3n) is 15.7. The molecule has 0 spiro atoms. The predicted molar refractivity (Wildman–Crippen MR) is 372 cm³/mol. The molecule has 0 aromatic heterocycles. The van der Waals surface area contributed by atoms with Crippen LogP contribution in [-0.4, -0.2) is 95.9 Å². The van der Waals surface area contributed by atoms with E-state index in [2.05, 4.69) is 81.5 Å². The Morgan fingerprint density at radius 2 is 0.549 bits per heavy atom. The molecule has 0 rings (SSSR count). The summed E-state index contributed by atoms with van der Waals surface area (Å²) in [5.41, 5.74) is 0. The number of phosphoric acid groups is 2. The Morgan fingerprint density at radius 3 is 0.912 bits per heavy atom. The summed E-state index contributed by atoms with van der Waals surface area (Å²) in [6.07, 6.45) is 70.0. The van der Waals surface area contributed by atoms with Crippen molar-refractivity contribution in [3.05, 3.63) is 60.8 Å². The number of esters is 3. The predicted octanol–water partition coefficient (Wildman–Crippen LogP) is 20.5. The Hall–Kier alpha value is -2.75. The minimum atomic E-state index is -4.91. The summed E-state index contributed by atoms with van der Waals surface area (Å²) < 4.78 is 60.9. The fraction of sp³-hybridized carbons (Fsp3) is 0.822. The van der Waals surface area contributed by atoms with E-state index in [1.165, 1.54) is 161 Å². The first-order valence-corrected chi connectivity index (χ1v) is 39.6. The normalized spacial score (nSPS) is 14.5. The van der Waals surface area contributed by atoms with Crippen LogP contribution in [0.2, 0.25) is 0 Å². The van der Waals surface area contributed by atoms with Gasteiger partial charge in [-0.1, -0.05) is 281 Å². The van der Waals surface area contributed by atoms with E-state index < -0.39 is 91.5 Å². The van der Waals surface area contributed by atoms with E-state index >= 15 is 0 Å². The number of aliphatic hydroxyl groups is 2. The molecule has 0 aromatic rings. The van der Waals surface area contributed by atoms with Gasteiger partial charge in [0.1, 0.15) is 25.4 Å². The summed E-state index contributed by atoms with van der Waals surface area (Å²) >= 11 is 0. The van der Waals surface area contributed by atoms with Crippen molar-refractivity contribution in [1.29, 1.82) is 0 Å². The van der Waals surface area contributed by atoms with Gasteiger partial charge in [-0.25, -0.2) is 9.13 Å². The van der Waals surface area contributed by atoms with E-state index in [1.54, 1.807) is 0 Å². The highest BCUT2D eigenvalue weighted by molar-refractivity contribution is 7.47. The lowest BCUT2D eigenvalue weighted by atomic mass is 10.0. The van der Waals surface area contributed by atoms with E-state index in [0.29, 0.717) is 19.3 Å². The van der Waals surface area contributed by atoms with Crippen molar-refractivity contribution < 1.29 is 75.8 Å². The number of ether oxygens (including phenoxy) is 3. The molecule has 0 bridgehead atoms. The molecule has 0 fully saturated rings. The molecule has 5 unspecified atom stereocenters. The van der Waals surface area contributed by atoms with Crippen LogP contribution < -0.4 is 0 Å². The summed E-state index contributed by atoms with van der Waals surface area (Å²) in [6, 6.07) is 0. The molecular weight excluding hydrogens is 1190 g/mol. The average molecular weight is 1330 g/mol. The Morgan fingerprint density at radius 1 is 0.308 bits per heavy atom. The number of hydrogen-bond acceptors (Lipinski definition) is 14. The summed E-state index contributed by atoms with van der Waals surface area (Å²) in [6.45, 7) is 2.66. The van der Waals surface area contributed by atoms with Gasteiger partial charge in [-0.05, 0) is 89.9 Å². The molecule has 0 amide bonds. The van der Waals surface area contributed by atoms with E-state index in [1.807, 2.05) is 0 Å². The van der Waals surface area contributed by atoms with Crippen LogP contribution in [0, 0.1) is 0 Å². The van der Waals surface area contributed by atoms with Crippen molar-refractivity contribution in [3.8, 4) is 0 Å². The minimum Gasteiger partial charge on any atom is -0.463 e. The molecule has 0 aromatic carbocycles. The molecule has 0 aliphatic heterocycles. The molecule has 4 N–H and O–H groups in total. The third kappa shape index (κ3) is 68.4. The molecular formula is C73H134O16P2. The smallest absolute Gasteiger partial charge is 0.463 e. The molecule has 0 aliphatic rings. The summed E-state index contributed by atoms with van der Waals surface area (Å²) in [5.74, 6) is -1.57. The van der Waals surface area contributed by atoms with Crippen LogP contribution >= 0.6 is 15.6 Å². The maximum absolute atomic E-state index is 12.9. The Bertz CT molecular complexity index is 1910. The van der Waals surface area contributed by atoms with Gasteiger partial charge in [0.15, 0.2) is 6.10 Å². The number of rotatable bonds is 70. The standard InChI is InChI=1S/C73H134O16P2/c1-4-7-10-13-16-19-22-25-26-27-28-29-30-31-32-33-34-35-36-37-38-39-40-43-45-47-50-53-56-59-71(76)83-62-68(74)63-85-90(79,80)86-64-69(75)65-87-91(81,82)88-67-70(89-73(78)61-58-55-52-49-46-42-24-21-18-15-12-9-6-3)66-84-72(77)60-57-54-51-48-44-41-23-20-17-14-11-8-5-2/h16,19-20,23,25-26,28-29,31-32,68-70,74-75H,4-15,17-18,21-22,24,27,30,33-67H2,1-3H3,(H,79,80)(H,81,82)/b19-16-,23-20-,26-25-,29-28-,32-31-. The number of hydrogen-bond donors (Lipinski definition) is 4. The molecule has 18 heteroatoms. The second-order valence-electron chi connectivity index (χ2n) is 24.7. The number of carbonyl (C=O) groups is 3. The number of allylic oxidation sites excluding steroid dienone is 10. The van der Waals surface area contributed by atoms with Crippen LogP contribution in [0.1, 0.15) is 329 Å². The second-order valence-corrected chi connectivity index (χ2v) is 27.7. The molecule has 532 valence electrons. The van der Waals surface area contributed by atoms with Crippen LogP contribution in [0.3, 0.4) is 0 Å². The fourth-order valence-electron chi connectivity index (χ4n) is 10.1. The van der Waals surface area contributed by atoms with Gasteiger partial charge in [0, 0.05) is 19.3 Å². The first-order chi connectivity index (χ1) is 44.2. The average Bonchev–Trinajstić information content (AvgIpc) is 3.56. The van der Waals surface area contributed by atoms with Crippen molar-refractivity contribution in [2.45, 2.75) is 347 Å². The highest BCUT2D eigenvalue weighted by Gasteiger charge is 2.29. The lowest BCUT2D eigenvalue weighted by Crippen LogP contribution is -2.30. The van der Waals surface area contributed by atoms with Crippen molar-refractivity contribution >= 4 is 33.6 Å². The zero-order chi connectivity index (χ0) is 66.7.